The first-order valence-electron chi connectivity index (χ1n) is 11.7. The van der Waals surface area contributed by atoms with E-state index in [1.807, 2.05) is 71.6 Å². The molecule has 4 rings (SSSR count). The topological polar surface area (TPSA) is 47.4 Å². The number of hydrogen-bond donors (Lipinski definition) is 0. The van der Waals surface area contributed by atoms with E-state index in [-0.39, 0.29) is 5.91 Å². The summed E-state index contributed by atoms with van der Waals surface area (Å²) < 4.78 is 8.29. The Morgan fingerprint density at radius 3 is 2.47 bits per heavy atom. The van der Waals surface area contributed by atoms with Gasteiger partial charge < -0.3 is 4.74 Å². The van der Waals surface area contributed by atoms with Gasteiger partial charge in [0, 0.05) is 23.9 Å². The summed E-state index contributed by atoms with van der Waals surface area (Å²) in [7, 11) is 0. The van der Waals surface area contributed by atoms with Crippen molar-refractivity contribution in [3.05, 3.63) is 71.3 Å². The minimum Gasteiger partial charge on any atom is -0.494 e. The van der Waals surface area contributed by atoms with Gasteiger partial charge in [0.1, 0.15) is 10.1 Å². The molecule has 0 unspecified atom stereocenters. The second-order valence-electron chi connectivity index (χ2n) is 8.13. The molecule has 0 saturated carbocycles. The molecular weight excluding hydrogens is 462 g/mol. The van der Waals surface area contributed by atoms with Crippen LogP contribution >= 0.6 is 24.0 Å². The summed E-state index contributed by atoms with van der Waals surface area (Å²) in [4.78, 5) is 15.4. The Balaban J connectivity index is 1.68. The molecule has 2 heterocycles. The number of para-hydroxylation sites is 1. The molecule has 3 aromatic rings. The van der Waals surface area contributed by atoms with Crippen LogP contribution < -0.4 is 4.74 Å². The number of ether oxygens (including phenoxy) is 1. The van der Waals surface area contributed by atoms with E-state index in [1.54, 1.807) is 4.90 Å². The van der Waals surface area contributed by atoms with Crippen LogP contribution in [0.5, 0.6) is 5.75 Å². The van der Waals surface area contributed by atoms with Crippen LogP contribution in [0.25, 0.3) is 23.0 Å². The number of nitrogens with zero attached hydrogens (tertiary/aromatic N) is 3. The molecule has 0 spiro atoms. The van der Waals surface area contributed by atoms with Gasteiger partial charge in [0.15, 0.2) is 0 Å². The summed E-state index contributed by atoms with van der Waals surface area (Å²) in [5.74, 6) is 0.819. The second-order valence-corrected chi connectivity index (χ2v) is 9.80. The Labute approximate surface area is 210 Å². The highest BCUT2D eigenvalue weighted by Gasteiger charge is 2.31. The molecule has 0 radical (unpaired) electrons. The number of thioether (sulfide) groups is 1. The van der Waals surface area contributed by atoms with Gasteiger partial charge >= 0.3 is 0 Å². The first-order valence-corrected chi connectivity index (χ1v) is 13.0. The van der Waals surface area contributed by atoms with Gasteiger partial charge in [-0.2, -0.15) is 5.10 Å². The fourth-order valence-corrected chi connectivity index (χ4v) is 4.92. The van der Waals surface area contributed by atoms with E-state index in [9.17, 15) is 4.79 Å². The molecule has 1 fully saturated rings. The minimum absolute atomic E-state index is 0.0264. The van der Waals surface area contributed by atoms with Crippen LogP contribution in [0.3, 0.4) is 0 Å². The van der Waals surface area contributed by atoms with Crippen LogP contribution in [0, 0.1) is 0 Å². The van der Waals surface area contributed by atoms with Crippen LogP contribution in [0.1, 0.15) is 45.1 Å². The SMILES string of the molecule is CCCCOc1ccc(-c2nn(-c3ccccc3)cc2C=C2SC(=S)N(CCCC)C2=O)cc1. The molecule has 1 amide bonds. The molecule has 34 heavy (non-hydrogen) atoms. The maximum atomic E-state index is 13.0. The molecule has 176 valence electrons. The molecular formula is C27H29N3O2S2. The first kappa shape index (κ1) is 24.2. The number of rotatable bonds is 10. The normalized spacial score (nSPS) is 14.9. The van der Waals surface area contributed by atoms with Gasteiger partial charge in [-0.15, -0.1) is 0 Å². The van der Waals surface area contributed by atoms with Crippen molar-refractivity contribution in [2.45, 2.75) is 39.5 Å². The Morgan fingerprint density at radius 1 is 1.03 bits per heavy atom. The number of thiocarbonyl (C=S) groups is 1. The standard InChI is InChI=1S/C27H29N3O2S2/c1-3-5-16-29-26(31)24(34-27(29)33)18-21-19-30(22-10-8-7-9-11-22)28-25(21)20-12-14-23(15-13-20)32-17-6-4-2/h7-15,18-19H,3-6,16-17H2,1-2H3. The second kappa shape index (κ2) is 11.5. The van der Waals surface area contributed by atoms with Crippen LogP contribution in [0.4, 0.5) is 0 Å². The van der Waals surface area contributed by atoms with E-state index in [1.165, 1.54) is 11.8 Å². The highest BCUT2D eigenvalue weighted by Crippen LogP contribution is 2.35. The molecule has 1 aromatic heterocycles. The van der Waals surface area contributed by atoms with Crippen molar-refractivity contribution in [3.63, 3.8) is 0 Å². The van der Waals surface area contributed by atoms with Crippen molar-refractivity contribution in [1.29, 1.82) is 0 Å². The van der Waals surface area contributed by atoms with Gasteiger partial charge in [0.05, 0.1) is 22.9 Å². The van der Waals surface area contributed by atoms with Gasteiger partial charge in [-0.1, -0.05) is 68.9 Å². The van der Waals surface area contributed by atoms with Crippen LogP contribution in [-0.2, 0) is 4.79 Å². The van der Waals surface area contributed by atoms with Gasteiger partial charge in [-0.3, -0.25) is 9.69 Å². The van der Waals surface area contributed by atoms with E-state index in [0.29, 0.717) is 22.4 Å². The van der Waals surface area contributed by atoms with E-state index in [0.717, 1.165) is 53.9 Å². The zero-order chi connectivity index (χ0) is 23.9. The van der Waals surface area contributed by atoms with Gasteiger partial charge in [0.2, 0.25) is 0 Å². The van der Waals surface area contributed by atoms with Gasteiger partial charge in [-0.05, 0) is 55.3 Å². The van der Waals surface area contributed by atoms with Crippen molar-refractivity contribution in [3.8, 4) is 22.7 Å². The summed E-state index contributed by atoms with van der Waals surface area (Å²) in [6.07, 6.45) is 7.96. The lowest BCUT2D eigenvalue weighted by Crippen LogP contribution is -2.28. The van der Waals surface area contributed by atoms with Crippen molar-refractivity contribution in [2.24, 2.45) is 0 Å². The molecule has 0 atom stereocenters. The molecule has 1 aliphatic rings. The third-order valence-corrected chi connectivity index (χ3v) is 6.93. The third kappa shape index (κ3) is 5.59. The zero-order valence-corrected chi connectivity index (χ0v) is 21.2. The highest BCUT2D eigenvalue weighted by atomic mass is 32.2. The molecule has 1 saturated heterocycles. The van der Waals surface area contributed by atoms with Crippen LogP contribution in [0.2, 0.25) is 0 Å². The molecule has 2 aromatic carbocycles. The quantitative estimate of drug-likeness (QED) is 0.179. The van der Waals surface area contributed by atoms with E-state index in [4.69, 9.17) is 22.1 Å². The van der Waals surface area contributed by atoms with Crippen LogP contribution in [-0.4, -0.2) is 38.1 Å². The average Bonchev–Trinajstić information content (AvgIpc) is 3.39. The zero-order valence-electron chi connectivity index (χ0n) is 19.6. The number of carbonyl (C=O) groups excluding carboxylic acids is 1. The Kier molecular flexibility index (Phi) is 8.19. The Hall–Kier alpha value is -2.90. The predicted octanol–water partition coefficient (Wildman–Crippen LogP) is 6.72. The first-order chi connectivity index (χ1) is 16.6. The smallest absolute Gasteiger partial charge is 0.266 e. The summed E-state index contributed by atoms with van der Waals surface area (Å²) in [6, 6.07) is 17.9. The lowest BCUT2D eigenvalue weighted by atomic mass is 10.1. The van der Waals surface area contributed by atoms with Crippen LogP contribution in [0.15, 0.2) is 65.7 Å². The average molecular weight is 492 g/mol. The summed E-state index contributed by atoms with van der Waals surface area (Å²) in [6.45, 7) is 5.63. The molecule has 0 N–H and O–H groups in total. The fraction of sp³-hybridized carbons (Fsp3) is 0.296. The van der Waals surface area contributed by atoms with Crippen molar-refractivity contribution in [1.82, 2.24) is 14.7 Å². The van der Waals surface area contributed by atoms with Gasteiger partial charge in [0.25, 0.3) is 5.91 Å². The molecule has 1 aliphatic heterocycles. The molecule has 0 bridgehead atoms. The molecule has 7 heteroatoms. The minimum atomic E-state index is -0.0264. The number of benzene rings is 2. The van der Waals surface area contributed by atoms with Crippen molar-refractivity contribution < 1.29 is 9.53 Å². The summed E-state index contributed by atoms with van der Waals surface area (Å²) in [5, 5.41) is 4.87. The lowest BCUT2D eigenvalue weighted by Gasteiger charge is -2.12. The predicted molar refractivity (Wildman–Crippen MR) is 144 cm³/mol. The molecule has 5 nitrogen and oxygen atoms in total. The number of unbranched alkanes of at least 4 members (excludes halogenated alkanes) is 2. The van der Waals surface area contributed by atoms with Crippen molar-refractivity contribution in [2.75, 3.05) is 13.2 Å². The van der Waals surface area contributed by atoms with Gasteiger partial charge in [-0.25, -0.2) is 4.68 Å². The number of carbonyl (C=O) groups is 1. The van der Waals surface area contributed by atoms with Crippen molar-refractivity contribution >= 4 is 40.3 Å². The fourth-order valence-electron chi connectivity index (χ4n) is 3.62. The maximum Gasteiger partial charge on any atom is 0.266 e. The number of amides is 1. The number of aromatic nitrogens is 2. The highest BCUT2D eigenvalue weighted by molar-refractivity contribution is 8.26. The molecule has 0 aliphatic carbocycles. The Morgan fingerprint density at radius 2 is 1.76 bits per heavy atom. The van der Waals surface area contributed by atoms with E-state index in [2.05, 4.69) is 13.8 Å². The third-order valence-electron chi connectivity index (χ3n) is 5.55. The number of hydrogen-bond acceptors (Lipinski definition) is 5. The largest absolute Gasteiger partial charge is 0.494 e. The maximum absolute atomic E-state index is 13.0. The lowest BCUT2D eigenvalue weighted by molar-refractivity contribution is -0.122. The monoisotopic (exact) mass is 491 g/mol. The Bertz CT molecular complexity index is 1170. The summed E-state index contributed by atoms with van der Waals surface area (Å²) in [5.41, 5.74) is 3.60. The summed E-state index contributed by atoms with van der Waals surface area (Å²) >= 11 is 6.84. The van der Waals surface area contributed by atoms with E-state index < -0.39 is 0 Å². The van der Waals surface area contributed by atoms with E-state index >= 15 is 0 Å².